The van der Waals surface area contributed by atoms with Crippen molar-refractivity contribution in [3.63, 3.8) is 0 Å². The summed E-state index contributed by atoms with van der Waals surface area (Å²) in [6, 6.07) is 9.76. The third-order valence-corrected chi connectivity index (χ3v) is 6.58. The molecule has 0 spiro atoms. The number of aryl methyl sites for hydroxylation is 2. The molecule has 1 aliphatic heterocycles. The Hall–Kier alpha value is -2.53. The van der Waals surface area contributed by atoms with Gasteiger partial charge in [0.2, 0.25) is 0 Å². The molecule has 33 heavy (non-hydrogen) atoms. The Morgan fingerprint density at radius 1 is 1.21 bits per heavy atom. The van der Waals surface area contributed by atoms with Crippen molar-refractivity contribution in [3.8, 4) is 11.5 Å². The van der Waals surface area contributed by atoms with Gasteiger partial charge in [0.15, 0.2) is 23.3 Å². The molecule has 0 radical (unpaired) electrons. The molecular formula is C24H26IN3O4S. The van der Waals surface area contributed by atoms with Crippen LogP contribution in [0, 0.1) is 17.4 Å². The van der Waals surface area contributed by atoms with E-state index in [1.807, 2.05) is 58.0 Å². The summed E-state index contributed by atoms with van der Waals surface area (Å²) in [5.74, 6) is 0.289. The maximum atomic E-state index is 13.1. The number of nitrogens with two attached hydrogens (primary N) is 1. The number of likely N-dealkylation sites (N-methyl/N-ethyl adjacent to an activating group) is 1. The maximum absolute atomic E-state index is 13.1. The van der Waals surface area contributed by atoms with Gasteiger partial charge in [-0.15, -0.1) is 0 Å². The second-order valence-electron chi connectivity index (χ2n) is 7.36. The first-order chi connectivity index (χ1) is 15.7. The van der Waals surface area contributed by atoms with E-state index < -0.39 is 5.91 Å². The molecule has 0 atom stereocenters. The Morgan fingerprint density at radius 3 is 2.64 bits per heavy atom. The smallest absolute Gasteiger partial charge is 0.266 e. The van der Waals surface area contributed by atoms with Crippen molar-refractivity contribution in [3.05, 3.63) is 55.5 Å². The van der Waals surface area contributed by atoms with Crippen molar-refractivity contribution >= 4 is 63.1 Å². The van der Waals surface area contributed by atoms with Gasteiger partial charge in [-0.1, -0.05) is 12.1 Å². The fraction of sp³-hybridized carbons (Fsp3) is 0.292. The Balaban J connectivity index is 1.97. The summed E-state index contributed by atoms with van der Waals surface area (Å²) in [5.41, 5.74) is 9.02. The van der Waals surface area contributed by atoms with Gasteiger partial charge >= 0.3 is 0 Å². The molecule has 1 saturated heterocycles. The molecule has 2 aromatic carbocycles. The molecular weight excluding hydrogens is 553 g/mol. The van der Waals surface area contributed by atoms with Crippen LogP contribution in [-0.4, -0.2) is 41.6 Å². The Bertz CT molecular complexity index is 1150. The average molecular weight is 579 g/mol. The molecule has 1 fully saturated rings. The van der Waals surface area contributed by atoms with Crippen LogP contribution in [0.5, 0.6) is 11.5 Å². The molecule has 1 heterocycles. The van der Waals surface area contributed by atoms with Crippen LogP contribution >= 0.6 is 34.4 Å². The third kappa shape index (κ3) is 6.08. The summed E-state index contributed by atoms with van der Waals surface area (Å²) in [6.07, 6.45) is 1.82. The second kappa shape index (κ2) is 11.1. The lowest BCUT2D eigenvalue weighted by molar-refractivity contribution is -0.122. The predicted octanol–water partition coefficient (Wildman–Crippen LogP) is 4.79. The van der Waals surface area contributed by atoms with Crippen LogP contribution < -0.4 is 15.2 Å². The molecule has 0 unspecified atom stereocenters. The molecule has 2 amide bonds. The number of nitrogens with zero attached hydrogens (tertiary/aromatic N) is 2. The normalized spacial score (nSPS) is 16.0. The number of halogens is 1. The maximum Gasteiger partial charge on any atom is 0.266 e. The largest absolute Gasteiger partial charge is 0.490 e. The molecule has 0 aromatic heterocycles. The molecule has 3 rings (SSSR count). The van der Waals surface area contributed by atoms with Crippen LogP contribution in [0.15, 0.2) is 40.2 Å². The minimum Gasteiger partial charge on any atom is -0.490 e. The summed E-state index contributed by atoms with van der Waals surface area (Å²) in [4.78, 5) is 31.3. The number of hydrogen-bond acceptors (Lipinski definition) is 6. The lowest BCUT2D eigenvalue weighted by atomic mass is 10.1. The van der Waals surface area contributed by atoms with Crippen molar-refractivity contribution in [1.82, 2.24) is 4.90 Å². The number of amidine groups is 1. The average Bonchev–Trinajstić information content (AvgIpc) is 3.04. The van der Waals surface area contributed by atoms with Gasteiger partial charge in [-0.3, -0.25) is 14.5 Å². The number of aliphatic imine (C=N–C) groups is 1. The van der Waals surface area contributed by atoms with Gasteiger partial charge < -0.3 is 15.2 Å². The number of hydrogen-bond donors (Lipinski definition) is 1. The van der Waals surface area contributed by atoms with Crippen molar-refractivity contribution < 1.29 is 19.1 Å². The van der Waals surface area contributed by atoms with Gasteiger partial charge in [0.1, 0.15) is 0 Å². The van der Waals surface area contributed by atoms with E-state index in [0.29, 0.717) is 34.7 Å². The highest BCUT2D eigenvalue weighted by molar-refractivity contribution is 14.1. The van der Waals surface area contributed by atoms with Crippen LogP contribution in [0.2, 0.25) is 0 Å². The van der Waals surface area contributed by atoms with Gasteiger partial charge in [-0.25, -0.2) is 4.99 Å². The van der Waals surface area contributed by atoms with Crippen molar-refractivity contribution in [1.29, 1.82) is 0 Å². The number of benzene rings is 2. The molecule has 2 aromatic rings. The molecule has 0 bridgehead atoms. The van der Waals surface area contributed by atoms with Gasteiger partial charge in [0.05, 0.1) is 20.8 Å². The van der Waals surface area contributed by atoms with Crippen LogP contribution in [0.1, 0.15) is 30.5 Å². The summed E-state index contributed by atoms with van der Waals surface area (Å²) >= 11 is 3.47. The highest BCUT2D eigenvalue weighted by Crippen LogP contribution is 2.38. The number of carbonyl (C=O) groups is 2. The number of carbonyl (C=O) groups excluding carboxylic acids is 2. The van der Waals surface area contributed by atoms with Gasteiger partial charge in [0, 0.05) is 6.54 Å². The zero-order valence-corrected chi connectivity index (χ0v) is 22.0. The van der Waals surface area contributed by atoms with E-state index in [0.717, 1.165) is 25.9 Å². The van der Waals surface area contributed by atoms with Crippen LogP contribution in [0.3, 0.4) is 0 Å². The number of rotatable bonds is 8. The Labute approximate surface area is 211 Å². The molecule has 0 saturated carbocycles. The van der Waals surface area contributed by atoms with E-state index in [2.05, 4.69) is 22.6 Å². The summed E-state index contributed by atoms with van der Waals surface area (Å²) in [6.45, 7) is 8.53. The predicted molar refractivity (Wildman–Crippen MR) is 141 cm³/mol. The minimum atomic E-state index is -0.567. The zero-order chi connectivity index (χ0) is 24.1. The zero-order valence-electron chi connectivity index (χ0n) is 19.0. The SMILES string of the molecule is CCOc1cc(/C=C2/SC(=Nc3cc(C)ccc3C)N(CC)C2=O)cc(I)c1OCC(N)=O. The fourth-order valence-corrected chi connectivity index (χ4v) is 5.02. The first kappa shape index (κ1) is 25.1. The first-order valence-electron chi connectivity index (χ1n) is 10.5. The number of amides is 2. The highest BCUT2D eigenvalue weighted by Gasteiger charge is 2.32. The number of ether oxygens (including phenoxy) is 2. The molecule has 174 valence electrons. The first-order valence-corrected chi connectivity index (χ1v) is 12.4. The topological polar surface area (TPSA) is 94.2 Å². The van der Waals surface area contributed by atoms with E-state index in [4.69, 9.17) is 20.2 Å². The van der Waals surface area contributed by atoms with E-state index in [1.54, 1.807) is 11.0 Å². The summed E-state index contributed by atoms with van der Waals surface area (Å²) in [5, 5.41) is 0.656. The molecule has 0 aliphatic carbocycles. The third-order valence-electron chi connectivity index (χ3n) is 4.77. The van der Waals surface area contributed by atoms with Gasteiger partial charge in [0.25, 0.3) is 11.8 Å². The highest BCUT2D eigenvalue weighted by atomic mass is 127. The van der Waals surface area contributed by atoms with Crippen molar-refractivity contribution in [2.24, 2.45) is 10.7 Å². The fourth-order valence-electron chi connectivity index (χ4n) is 3.18. The van der Waals surface area contributed by atoms with E-state index >= 15 is 0 Å². The molecule has 7 nitrogen and oxygen atoms in total. The summed E-state index contributed by atoms with van der Waals surface area (Å²) < 4.78 is 12.0. The van der Waals surface area contributed by atoms with Gasteiger partial charge in [-0.2, -0.15) is 0 Å². The van der Waals surface area contributed by atoms with Crippen LogP contribution in [-0.2, 0) is 9.59 Å². The van der Waals surface area contributed by atoms with Crippen molar-refractivity contribution in [2.45, 2.75) is 27.7 Å². The van der Waals surface area contributed by atoms with E-state index in [1.165, 1.54) is 11.8 Å². The van der Waals surface area contributed by atoms with Crippen LogP contribution in [0.25, 0.3) is 6.08 Å². The minimum absolute atomic E-state index is 0.0893. The number of primary amides is 1. The second-order valence-corrected chi connectivity index (χ2v) is 9.53. The van der Waals surface area contributed by atoms with Crippen molar-refractivity contribution in [2.75, 3.05) is 19.8 Å². The lowest BCUT2D eigenvalue weighted by Crippen LogP contribution is -2.28. The van der Waals surface area contributed by atoms with E-state index in [-0.39, 0.29) is 12.5 Å². The Morgan fingerprint density at radius 2 is 1.97 bits per heavy atom. The van der Waals surface area contributed by atoms with Gasteiger partial charge in [-0.05, 0) is 103 Å². The quantitative estimate of drug-likeness (QED) is 0.359. The molecule has 2 N–H and O–H groups in total. The Kier molecular flexibility index (Phi) is 8.41. The lowest BCUT2D eigenvalue weighted by Gasteiger charge is -2.14. The standard InChI is InChI=1S/C24H26IN3O4S/c1-5-28-23(30)20(33-24(28)27-18-9-14(3)7-8-15(18)4)12-16-10-17(25)22(32-13-21(26)29)19(11-16)31-6-2/h7-12H,5-6,13H2,1-4H3,(H2,26,29)/b20-12+,27-24?. The van der Waals surface area contributed by atoms with E-state index in [9.17, 15) is 9.59 Å². The van der Waals surface area contributed by atoms with Crippen LogP contribution in [0.4, 0.5) is 5.69 Å². The molecule has 1 aliphatic rings. The number of thioether (sulfide) groups is 1. The molecule has 9 heteroatoms. The summed E-state index contributed by atoms with van der Waals surface area (Å²) in [7, 11) is 0. The monoisotopic (exact) mass is 579 g/mol.